The second-order valence-electron chi connectivity index (χ2n) is 6.53. The number of amides is 1. The van der Waals surface area contributed by atoms with Gasteiger partial charge in [-0.2, -0.15) is 0 Å². The quantitative estimate of drug-likeness (QED) is 0.863. The summed E-state index contributed by atoms with van der Waals surface area (Å²) < 4.78 is 10.9. The van der Waals surface area contributed by atoms with Crippen LogP contribution in [0.2, 0.25) is 0 Å². The monoisotopic (exact) mass is 282 g/mol. The summed E-state index contributed by atoms with van der Waals surface area (Å²) >= 11 is 0. The zero-order valence-electron chi connectivity index (χ0n) is 12.7. The van der Waals surface area contributed by atoms with Crippen LogP contribution in [0.5, 0.6) is 0 Å². The lowest BCUT2D eigenvalue weighted by Crippen LogP contribution is -2.40. The molecule has 0 aromatic rings. The molecule has 2 unspecified atom stereocenters. The van der Waals surface area contributed by atoms with Crippen LogP contribution in [0, 0.1) is 0 Å². The van der Waals surface area contributed by atoms with Crippen molar-refractivity contribution in [1.29, 1.82) is 0 Å². The number of hydrogen-bond acceptors (Lipinski definition) is 4. The Morgan fingerprint density at radius 3 is 2.90 bits per heavy atom. The average molecular weight is 282 g/mol. The Kier molecular flexibility index (Phi) is 4.91. The molecule has 0 saturated carbocycles. The van der Waals surface area contributed by atoms with Crippen molar-refractivity contribution in [3.8, 4) is 0 Å². The fourth-order valence-electron chi connectivity index (χ4n) is 2.45. The van der Waals surface area contributed by atoms with Crippen molar-refractivity contribution >= 4 is 6.09 Å². The van der Waals surface area contributed by atoms with Gasteiger partial charge in [-0.25, -0.2) is 4.79 Å². The zero-order valence-corrected chi connectivity index (χ0v) is 12.7. The van der Waals surface area contributed by atoms with Gasteiger partial charge in [0.05, 0.1) is 6.26 Å². The second-order valence-corrected chi connectivity index (χ2v) is 6.53. The van der Waals surface area contributed by atoms with E-state index in [-0.39, 0.29) is 12.2 Å². The van der Waals surface area contributed by atoms with Gasteiger partial charge in [0.2, 0.25) is 0 Å². The predicted octanol–water partition coefficient (Wildman–Crippen LogP) is 2.28. The molecule has 5 nitrogen and oxygen atoms in total. The third kappa shape index (κ3) is 4.71. The van der Waals surface area contributed by atoms with Crippen molar-refractivity contribution in [3.63, 3.8) is 0 Å². The van der Waals surface area contributed by atoms with Gasteiger partial charge >= 0.3 is 6.09 Å². The van der Waals surface area contributed by atoms with E-state index < -0.39 is 5.60 Å². The molecule has 1 fully saturated rings. The summed E-state index contributed by atoms with van der Waals surface area (Å²) in [5.41, 5.74) is -0.426. The molecule has 0 aromatic carbocycles. The number of hydrogen-bond donors (Lipinski definition) is 1. The van der Waals surface area contributed by atoms with Gasteiger partial charge in [-0.05, 0) is 46.1 Å². The van der Waals surface area contributed by atoms with Crippen LogP contribution >= 0.6 is 0 Å². The molecule has 0 spiro atoms. The Hall–Kier alpha value is -1.23. The first-order chi connectivity index (χ1) is 9.44. The third-order valence-corrected chi connectivity index (χ3v) is 3.50. The Labute approximate surface area is 121 Å². The molecule has 5 heteroatoms. The van der Waals surface area contributed by atoms with E-state index in [2.05, 4.69) is 11.4 Å². The van der Waals surface area contributed by atoms with E-state index in [0.717, 1.165) is 38.9 Å². The third-order valence-electron chi connectivity index (χ3n) is 3.50. The molecule has 0 aromatic heterocycles. The normalized spacial score (nSPS) is 26.4. The van der Waals surface area contributed by atoms with Gasteiger partial charge < -0.3 is 19.7 Å². The highest BCUT2D eigenvalue weighted by Crippen LogP contribution is 2.16. The molecule has 0 bridgehead atoms. The molecular formula is C15H26N2O3. The largest absolute Gasteiger partial charge is 0.497 e. The fourth-order valence-corrected chi connectivity index (χ4v) is 2.45. The van der Waals surface area contributed by atoms with Crippen LogP contribution in [-0.2, 0) is 9.47 Å². The highest BCUT2D eigenvalue weighted by Gasteiger charge is 2.29. The maximum Gasteiger partial charge on any atom is 0.410 e. The lowest BCUT2D eigenvalue weighted by Gasteiger charge is -2.25. The first kappa shape index (κ1) is 15.2. The standard InChI is InChI=1S/C15H26N2O3/c1-15(2,3)20-14(18)17-8-7-12(11-17)16-10-13-6-4-5-9-19-13/h5,9,12-13,16H,4,6-8,10-11H2,1-3H3. The molecular weight excluding hydrogens is 256 g/mol. The van der Waals surface area contributed by atoms with Crippen LogP contribution in [0.4, 0.5) is 4.79 Å². The molecule has 114 valence electrons. The minimum Gasteiger partial charge on any atom is -0.497 e. The zero-order chi connectivity index (χ0) is 14.6. The average Bonchev–Trinajstić information content (AvgIpc) is 2.84. The van der Waals surface area contributed by atoms with Gasteiger partial charge in [0, 0.05) is 25.7 Å². The van der Waals surface area contributed by atoms with Crippen LogP contribution in [0.3, 0.4) is 0 Å². The number of carbonyl (C=O) groups excluding carboxylic acids is 1. The molecule has 2 aliphatic rings. The lowest BCUT2D eigenvalue weighted by molar-refractivity contribution is 0.0290. The van der Waals surface area contributed by atoms with E-state index in [9.17, 15) is 4.79 Å². The smallest absolute Gasteiger partial charge is 0.410 e. The highest BCUT2D eigenvalue weighted by molar-refractivity contribution is 5.68. The summed E-state index contributed by atoms with van der Waals surface area (Å²) in [6, 6.07) is 0.344. The molecule has 0 radical (unpaired) electrons. The Bertz CT molecular complexity index is 363. The van der Waals surface area contributed by atoms with Gasteiger partial charge in [-0.3, -0.25) is 0 Å². The molecule has 2 atom stereocenters. The summed E-state index contributed by atoms with van der Waals surface area (Å²) in [4.78, 5) is 13.7. The highest BCUT2D eigenvalue weighted by atomic mass is 16.6. The predicted molar refractivity (Wildman–Crippen MR) is 77.5 cm³/mol. The topological polar surface area (TPSA) is 50.8 Å². The SMILES string of the molecule is CC(C)(C)OC(=O)N1CCC(NCC2CCC=CO2)C1. The molecule has 1 amide bonds. The molecule has 1 saturated heterocycles. The first-order valence-electron chi connectivity index (χ1n) is 7.46. The van der Waals surface area contributed by atoms with E-state index in [1.165, 1.54) is 0 Å². The minimum absolute atomic E-state index is 0.210. The molecule has 1 N–H and O–H groups in total. The van der Waals surface area contributed by atoms with E-state index in [1.807, 2.05) is 20.8 Å². The molecule has 2 rings (SSSR count). The Morgan fingerprint density at radius 2 is 2.25 bits per heavy atom. The van der Waals surface area contributed by atoms with Gasteiger partial charge in [0.1, 0.15) is 11.7 Å². The van der Waals surface area contributed by atoms with Gasteiger partial charge in [-0.15, -0.1) is 0 Å². The Balaban J connectivity index is 1.69. The summed E-state index contributed by atoms with van der Waals surface area (Å²) in [5.74, 6) is 0. The number of nitrogens with one attached hydrogen (secondary N) is 1. The van der Waals surface area contributed by atoms with Gasteiger partial charge in [0.25, 0.3) is 0 Å². The lowest BCUT2D eigenvalue weighted by atomic mass is 10.1. The van der Waals surface area contributed by atoms with Crippen molar-refractivity contribution in [1.82, 2.24) is 10.2 Å². The van der Waals surface area contributed by atoms with Crippen LogP contribution in [0.1, 0.15) is 40.0 Å². The first-order valence-corrected chi connectivity index (χ1v) is 7.46. The molecule has 2 heterocycles. The van der Waals surface area contributed by atoms with Crippen LogP contribution in [0.15, 0.2) is 12.3 Å². The molecule has 2 aliphatic heterocycles. The van der Waals surface area contributed by atoms with Crippen molar-refractivity contribution in [2.75, 3.05) is 19.6 Å². The summed E-state index contributed by atoms with van der Waals surface area (Å²) in [6.07, 6.45) is 7.01. The number of likely N-dealkylation sites (tertiary alicyclic amines) is 1. The molecule has 0 aliphatic carbocycles. The minimum atomic E-state index is -0.426. The second kappa shape index (κ2) is 6.48. The number of rotatable bonds is 3. The number of carbonyl (C=O) groups is 1. The van der Waals surface area contributed by atoms with Crippen molar-refractivity contribution in [2.24, 2.45) is 0 Å². The van der Waals surface area contributed by atoms with Crippen LogP contribution < -0.4 is 5.32 Å². The number of nitrogens with zero attached hydrogens (tertiary/aromatic N) is 1. The van der Waals surface area contributed by atoms with Crippen LogP contribution in [-0.4, -0.2) is 48.4 Å². The summed E-state index contributed by atoms with van der Waals surface area (Å²) in [5, 5.41) is 3.49. The van der Waals surface area contributed by atoms with E-state index in [4.69, 9.17) is 9.47 Å². The van der Waals surface area contributed by atoms with Gasteiger partial charge in [0.15, 0.2) is 0 Å². The summed E-state index contributed by atoms with van der Waals surface area (Å²) in [7, 11) is 0. The van der Waals surface area contributed by atoms with Crippen LogP contribution in [0.25, 0.3) is 0 Å². The van der Waals surface area contributed by atoms with E-state index >= 15 is 0 Å². The van der Waals surface area contributed by atoms with E-state index in [0.29, 0.717) is 6.04 Å². The number of allylic oxidation sites excluding steroid dienone is 1. The Morgan fingerprint density at radius 1 is 1.45 bits per heavy atom. The maximum atomic E-state index is 12.0. The maximum absolute atomic E-state index is 12.0. The van der Waals surface area contributed by atoms with Crippen molar-refractivity contribution in [3.05, 3.63) is 12.3 Å². The van der Waals surface area contributed by atoms with Crippen molar-refractivity contribution < 1.29 is 14.3 Å². The number of ether oxygens (including phenoxy) is 2. The summed E-state index contributed by atoms with van der Waals surface area (Å²) in [6.45, 7) is 8.01. The van der Waals surface area contributed by atoms with E-state index in [1.54, 1.807) is 11.2 Å². The fraction of sp³-hybridized carbons (Fsp3) is 0.800. The molecule has 20 heavy (non-hydrogen) atoms. The van der Waals surface area contributed by atoms with Gasteiger partial charge in [-0.1, -0.05) is 0 Å². The van der Waals surface area contributed by atoms with Crippen molar-refractivity contribution in [2.45, 2.75) is 57.8 Å².